The van der Waals surface area contributed by atoms with Gasteiger partial charge in [0, 0.05) is 35.7 Å². The second kappa shape index (κ2) is 7.99. The Morgan fingerprint density at radius 2 is 2.13 bits per heavy atom. The van der Waals surface area contributed by atoms with E-state index in [-0.39, 0.29) is 12.0 Å². The van der Waals surface area contributed by atoms with Crippen molar-refractivity contribution < 1.29 is 9.53 Å². The molecule has 122 valence electrons. The van der Waals surface area contributed by atoms with Crippen molar-refractivity contribution in [2.45, 2.75) is 23.8 Å². The monoisotopic (exact) mass is 347 g/mol. The lowest BCUT2D eigenvalue weighted by Crippen LogP contribution is -2.28. The van der Waals surface area contributed by atoms with Crippen molar-refractivity contribution in [3.8, 4) is 0 Å². The van der Waals surface area contributed by atoms with E-state index in [0.717, 1.165) is 36.6 Å². The molecule has 0 spiro atoms. The molecule has 0 aliphatic carbocycles. The second-order valence-electron chi connectivity index (χ2n) is 5.59. The van der Waals surface area contributed by atoms with E-state index in [0.29, 0.717) is 0 Å². The van der Waals surface area contributed by atoms with E-state index in [1.165, 1.54) is 9.77 Å². The molecule has 3 rings (SSSR count). The van der Waals surface area contributed by atoms with E-state index >= 15 is 0 Å². The highest BCUT2D eigenvalue weighted by molar-refractivity contribution is 7.99. The van der Waals surface area contributed by atoms with Gasteiger partial charge in [0.05, 0.1) is 11.0 Å². The molecule has 1 saturated heterocycles. The quantitative estimate of drug-likeness (QED) is 0.722. The molecule has 1 aliphatic rings. The van der Waals surface area contributed by atoms with Crippen LogP contribution >= 0.6 is 23.1 Å². The molecule has 2 aromatic rings. The van der Waals surface area contributed by atoms with E-state index in [4.69, 9.17) is 4.74 Å². The lowest BCUT2D eigenvalue weighted by molar-refractivity contribution is 0.0808. The summed E-state index contributed by atoms with van der Waals surface area (Å²) in [5.41, 5.74) is 0. The third-order valence-electron chi connectivity index (χ3n) is 3.87. The molecule has 1 aromatic carbocycles. The molecule has 1 fully saturated rings. The number of hydrogen-bond donors (Lipinski definition) is 0. The number of thioether (sulfide) groups is 1. The van der Waals surface area contributed by atoms with Crippen LogP contribution in [-0.2, 0) is 4.74 Å². The molecule has 0 N–H and O–H groups in total. The second-order valence-corrected chi connectivity index (χ2v) is 7.88. The summed E-state index contributed by atoms with van der Waals surface area (Å²) in [7, 11) is 1.87. The molecule has 1 atom stereocenters. The normalized spacial score (nSPS) is 17.3. The summed E-state index contributed by atoms with van der Waals surface area (Å²) in [5.74, 6) is 1.00. The number of rotatable bonds is 6. The fraction of sp³-hybridized carbons (Fsp3) is 0.389. The van der Waals surface area contributed by atoms with E-state index in [1.807, 2.05) is 37.4 Å². The highest BCUT2D eigenvalue weighted by Crippen LogP contribution is 2.33. The van der Waals surface area contributed by atoms with E-state index in [1.54, 1.807) is 28.0 Å². The van der Waals surface area contributed by atoms with Crippen LogP contribution in [0.25, 0.3) is 0 Å². The summed E-state index contributed by atoms with van der Waals surface area (Å²) in [6, 6.07) is 14.3. The van der Waals surface area contributed by atoms with Crippen molar-refractivity contribution >= 4 is 29.0 Å². The minimum Gasteiger partial charge on any atom is -0.373 e. The van der Waals surface area contributed by atoms with Crippen LogP contribution in [0.1, 0.15) is 33.5 Å². The molecule has 1 aromatic heterocycles. The van der Waals surface area contributed by atoms with Gasteiger partial charge in [-0.05, 0) is 37.1 Å². The van der Waals surface area contributed by atoms with E-state index in [2.05, 4.69) is 12.1 Å². The summed E-state index contributed by atoms with van der Waals surface area (Å²) in [6.45, 7) is 1.58. The van der Waals surface area contributed by atoms with Gasteiger partial charge >= 0.3 is 0 Å². The number of amides is 1. The maximum atomic E-state index is 12.5. The van der Waals surface area contributed by atoms with Crippen LogP contribution in [0.5, 0.6) is 0 Å². The minimum atomic E-state index is 0.105. The topological polar surface area (TPSA) is 29.5 Å². The number of carbonyl (C=O) groups is 1. The van der Waals surface area contributed by atoms with Crippen molar-refractivity contribution in [3.63, 3.8) is 0 Å². The van der Waals surface area contributed by atoms with Gasteiger partial charge < -0.3 is 9.64 Å². The Hall–Kier alpha value is -1.30. The van der Waals surface area contributed by atoms with Crippen molar-refractivity contribution in [2.24, 2.45) is 0 Å². The summed E-state index contributed by atoms with van der Waals surface area (Å²) < 4.78 is 5.69. The van der Waals surface area contributed by atoms with Crippen LogP contribution in [-0.4, -0.2) is 36.8 Å². The summed E-state index contributed by atoms with van der Waals surface area (Å²) in [4.78, 5) is 17.5. The first kappa shape index (κ1) is 16.6. The van der Waals surface area contributed by atoms with Crippen molar-refractivity contribution in [1.82, 2.24) is 4.90 Å². The van der Waals surface area contributed by atoms with Crippen LogP contribution in [0.15, 0.2) is 47.4 Å². The Kier molecular flexibility index (Phi) is 5.75. The Morgan fingerprint density at radius 1 is 1.30 bits per heavy atom. The first-order valence-corrected chi connectivity index (χ1v) is 9.69. The molecule has 2 heterocycles. The van der Waals surface area contributed by atoms with Crippen LogP contribution in [0.2, 0.25) is 0 Å². The molecule has 0 saturated carbocycles. The molecule has 0 unspecified atom stereocenters. The fourth-order valence-electron chi connectivity index (χ4n) is 2.55. The smallest absolute Gasteiger partial charge is 0.263 e. The number of carbonyl (C=O) groups excluding carboxylic acids is 1. The predicted octanol–water partition coefficient (Wildman–Crippen LogP) is 4.46. The van der Waals surface area contributed by atoms with Gasteiger partial charge in [-0.3, -0.25) is 4.79 Å². The maximum Gasteiger partial charge on any atom is 0.263 e. The average molecular weight is 348 g/mol. The van der Waals surface area contributed by atoms with Gasteiger partial charge in [0.2, 0.25) is 0 Å². The molecule has 3 nitrogen and oxygen atoms in total. The van der Waals surface area contributed by atoms with Crippen LogP contribution < -0.4 is 0 Å². The number of thiophene rings is 1. The minimum absolute atomic E-state index is 0.105. The average Bonchev–Trinajstić information content (AvgIpc) is 3.26. The molecular weight excluding hydrogens is 326 g/mol. The zero-order chi connectivity index (χ0) is 16.1. The van der Waals surface area contributed by atoms with Crippen LogP contribution in [0.3, 0.4) is 0 Å². The molecule has 0 radical (unpaired) electrons. The van der Waals surface area contributed by atoms with Crippen molar-refractivity contribution in [2.75, 3.05) is 26.0 Å². The molecule has 1 aliphatic heterocycles. The molecule has 0 bridgehead atoms. The van der Waals surface area contributed by atoms with Gasteiger partial charge in [-0.1, -0.05) is 18.2 Å². The Labute approximate surface area is 145 Å². The Bertz CT molecular complexity index is 635. The van der Waals surface area contributed by atoms with Gasteiger partial charge in [0.1, 0.15) is 0 Å². The molecule has 1 amide bonds. The third-order valence-corrected chi connectivity index (χ3v) is 6.03. The number of ether oxygens (including phenoxy) is 1. The van der Waals surface area contributed by atoms with Crippen LogP contribution in [0, 0.1) is 0 Å². The van der Waals surface area contributed by atoms with Gasteiger partial charge in [-0.2, -0.15) is 0 Å². The summed E-state index contributed by atoms with van der Waals surface area (Å²) in [5, 5.41) is 0. The number of hydrogen-bond acceptors (Lipinski definition) is 4. The Morgan fingerprint density at radius 3 is 2.87 bits per heavy atom. The summed E-state index contributed by atoms with van der Waals surface area (Å²) >= 11 is 3.35. The first-order valence-electron chi connectivity index (χ1n) is 7.88. The lowest BCUT2D eigenvalue weighted by atomic mass is 10.2. The standard InChI is InChI=1S/C18H21NO2S2/c1-19(11-13-22-14-6-3-2-4-7-14)18(20)17-10-9-16(23-17)15-8-5-12-21-15/h2-4,6-7,9-10,15H,5,8,11-13H2,1H3/t15-/m0/s1. The van der Waals surface area contributed by atoms with Gasteiger partial charge in [0.25, 0.3) is 5.91 Å². The predicted molar refractivity (Wildman–Crippen MR) is 96.4 cm³/mol. The fourth-order valence-corrected chi connectivity index (χ4v) is 4.59. The molecular formula is C18H21NO2S2. The molecule has 23 heavy (non-hydrogen) atoms. The van der Waals surface area contributed by atoms with Crippen molar-refractivity contribution in [1.29, 1.82) is 0 Å². The maximum absolute atomic E-state index is 12.5. The van der Waals surface area contributed by atoms with Gasteiger partial charge in [-0.25, -0.2) is 0 Å². The lowest BCUT2D eigenvalue weighted by Gasteiger charge is -2.16. The zero-order valence-electron chi connectivity index (χ0n) is 13.2. The zero-order valence-corrected chi connectivity index (χ0v) is 14.9. The SMILES string of the molecule is CN(CCSc1ccccc1)C(=O)c1ccc([C@@H]2CCCO2)s1. The van der Waals surface area contributed by atoms with Crippen molar-refractivity contribution in [3.05, 3.63) is 52.2 Å². The molecule has 5 heteroatoms. The first-order chi connectivity index (χ1) is 11.2. The van der Waals surface area contributed by atoms with Gasteiger partial charge in [0.15, 0.2) is 0 Å². The Balaban J connectivity index is 1.51. The highest BCUT2D eigenvalue weighted by atomic mass is 32.2. The largest absolute Gasteiger partial charge is 0.373 e. The summed E-state index contributed by atoms with van der Waals surface area (Å²) in [6.07, 6.45) is 2.38. The third kappa shape index (κ3) is 4.37. The van der Waals surface area contributed by atoms with E-state index in [9.17, 15) is 4.79 Å². The van der Waals surface area contributed by atoms with Crippen LogP contribution in [0.4, 0.5) is 0 Å². The number of benzene rings is 1. The van der Waals surface area contributed by atoms with E-state index < -0.39 is 0 Å². The number of nitrogens with zero attached hydrogens (tertiary/aromatic N) is 1. The van der Waals surface area contributed by atoms with Gasteiger partial charge in [-0.15, -0.1) is 23.1 Å². The highest BCUT2D eigenvalue weighted by Gasteiger charge is 2.21.